The van der Waals surface area contributed by atoms with Gasteiger partial charge < -0.3 is 15.9 Å². The topological polar surface area (TPSA) is 69.9 Å². The van der Waals surface area contributed by atoms with Crippen molar-refractivity contribution < 1.29 is 26.7 Å². The third-order valence-corrected chi connectivity index (χ3v) is 7.22. The van der Waals surface area contributed by atoms with Gasteiger partial charge in [0.25, 0.3) is 0 Å². The maximum atomic E-state index is 12.6. The molecular weight excluding hydrogens is 521 g/mol. The Morgan fingerprint density at radius 2 is 1.03 bits per heavy atom. The third-order valence-electron chi connectivity index (χ3n) is 6.15. The summed E-state index contributed by atoms with van der Waals surface area (Å²) < 4.78 is 0. The van der Waals surface area contributed by atoms with Crippen molar-refractivity contribution in [2.75, 3.05) is 6.54 Å². The van der Waals surface area contributed by atoms with Gasteiger partial charge in [-0.2, -0.15) is 6.54 Å². The van der Waals surface area contributed by atoms with Crippen LogP contribution in [0.5, 0.6) is 11.5 Å². The molecule has 0 bridgehead atoms. The molecule has 0 aliphatic rings. The first kappa shape index (κ1) is 35.8. The number of hydrogen-bond donors (Lipinski definition) is 0. The average molecular weight is 572 g/mol. The summed E-state index contributed by atoms with van der Waals surface area (Å²) in [4.78, 5) is 1.25. The molecule has 0 atom stereocenters. The molecule has 0 saturated heterocycles. The number of rotatable bonds is 8. The van der Waals surface area contributed by atoms with Crippen molar-refractivity contribution in [1.82, 2.24) is 0 Å². The van der Waals surface area contributed by atoms with E-state index in [0.29, 0.717) is 16.3 Å². The fourth-order valence-corrected chi connectivity index (χ4v) is 6.11. The van der Waals surface area contributed by atoms with Crippen LogP contribution in [0.1, 0.15) is 113 Å². The fourth-order valence-electron chi connectivity index (χ4n) is 5.17. The quantitative estimate of drug-likeness (QED) is 0.297. The summed E-state index contributed by atoms with van der Waals surface area (Å²) in [5, 5.41) is 25.3. The number of unbranched alkanes of at least 4 members (excludes halogenated alkanes) is 1. The van der Waals surface area contributed by atoms with Crippen LogP contribution in [-0.2, 0) is 27.3 Å². The summed E-state index contributed by atoms with van der Waals surface area (Å²) in [7, 11) is 0. The van der Waals surface area contributed by atoms with Gasteiger partial charge in [-0.15, -0.1) is 0 Å². The van der Waals surface area contributed by atoms with Crippen molar-refractivity contribution in [3.05, 3.63) is 53.3 Å². The van der Waals surface area contributed by atoms with Gasteiger partial charge in [0.1, 0.15) is 0 Å². The largest absolute Gasteiger partial charge is 3.00 e. The van der Waals surface area contributed by atoms with Gasteiger partial charge in [-0.1, -0.05) is 137 Å². The summed E-state index contributed by atoms with van der Waals surface area (Å²) in [5.74, 6) is -0.0573. The standard InChI is InChI=1S/C28H42O2S.C4H10N.Ni/c1-25(2,3)17-27(7,8)19-11-13-21(29)23(15-19)31-24-16-20(12-14-22(24)30)28(9,10)18-26(4,5)6;1-2-3-4-5;/h11-16,29-30H,17-18H2,1-10H3;5H,2-4H2,1H3;/q;-1;+3/p-2. The molecule has 0 fully saturated rings. The predicted molar refractivity (Wildman–Crippen MR) is 154 cm³/mol. The molecule has 2 aromatic rings. The van der Waals surface area contributed by atoms with E-state index in [9.17, 15) is 10.2 Å². The first-order chi connectivity index (χ1) is 16.3. The van der Waals surface area contributed by atoms with E-state index in [2.05, 4.69) is 76.2 Å². The Morgan fingerprint density at radius 1 is 0.676 bits per heavy atom. The van der Waals surface area contributed by atoms with Crippen molar-refractivity contribution in [3.8, 4) is 11.5 Å². The SMILES string of the molecule is CC(C)(C)CC(C)(C)c1ccc([O-])c(Sc2cc(C(C)(C)CC(C)(C)C)ccc2[O-])c1.CCCC[NH-].[Ni+3]. The van der Waals surface area contributed by atoms with Gasteiger partial charge in [0, 0.05) is 9.79 Å². The maximum Gasteiger partial charge on any atom is 3.00 e. The monoisotopic (exact) mass is 570 g/mol. The van der Waals surface area contributed by atoms with Crippen LogP contribution in [0.15, 0.2) is 46.2 Å². The van der Waals surface area contributed by atoms with Gasteiger partial charge in [-0.05, 0) is 57.8 Å². The molecule has 2 rings (SSSR count). The zero-order valence-electron chi connectivity index (χ0n) is 25.0. The molecule has 0 amide bonds. The van der Waals surface area contributed by atoms with Crippen LogP contribution in [0.2, 0.25) is 0 Å². The van der Waals surface area contributed by atoms with Crippen LogP contribution in [0.25, 0.3) is 5.73 Å². The van der Waals surface area contributed by atoms with Crippen molar-refractivity contribution in [1.29, 1.82) is 0 Å². The van der Waals surface area contributed by atoms with E-state index >= 15 is 0 Å². The Bertz CT molecular complexity index is 894. The van der Waals surface area contributed by atoms with Gasteiger partial charge in [0.15, 0.2) is 0 Å². The second-order valence-electron chi connectivity index (χ2n) is 13.8. The van der Waals surface area contributed by atoms with Crippen molar-refractivity contribution in [2.45, 2.75) is 122 Å². The second-order valence-corrected chi connectivity index (χ2v) is 14.9. The molecule has 3 nitrogen and oxygen atoms in total. The average Bonchev–Trinajstić information content (AvgIpc) is 2.68. The molecule has 1 radical (unpaired) electrons. The van der Waals surface area contributed by atoms with Gasteiger partial charge in [-0.25, -0.2) is 0 Å². The molecule has 211 valence electrons. The molecule has 37 heavy (non-hydrogen) atoms. The molecule has 0 spiro atoms. The minimum absolute atomic E-state index is 0. The normalized spacial score (nSPS) is 12.4. The van der Waals surface area contributed by atoms with E-state index < -0.39 is 0 Å². The van der Waals surface area contributed by atoms with E-state index in [1.165, 1.54) is 11.8 Å². The summed E-state index contributed by atoms with van der Waals surface area (Å²) in [6, 6.07) is 11.2. The third kappa shape index (κ3) is 12.5. The first-order valence-electron chi connectivity index (χ1n) is 13.3. The van der Waals surface area contributed by atoms with Gasteiger partial charge in [0.05, 0.1) is 0 Å². The summed E-state index contributed by atoms with van der Waals surface area (Å²) in [5.41, 5.74) is 9.13. The van der Waals surface area contributed by atoms with Crippen molar-refractivity contribution in [3.63, 3.8) is 0 Å². The smallest absolute Gasteiger partial charge is 0.872 e. The van der Waals surface area contributed by atoms with E-state index in [4.69, 9.17) is 5.73 Å². The van der Waals surface area contributed by atoms with Gasteiger partial charge >= 0.3 is 16.5 Å². The van der Waals surface area contributed by atoms with Gasteiger partial charge in [-0.3, -0.25) is 0 Å². The minimum atomic E-state index is -0.0574. The van der Waals surface area contributed by atoms with Crippen LogP contribution < -0.4 is 10.2 Å². The maximum absolute atomic E-state index is 12.6. The summed E-state index contributed by atoms with van der Waals surface area (Å²) in [6.07, 6.45) is 4.22. The van der Waals surface area contributed by atoms with E-state index in [1.807, 2.05) is 24.3 Å². The molecule has 0 saturated carbocycles. The Balaban J connectivity index is 0.00000196. The van der Waals surface area contributed by atoms with Crippen LogP contribution in [0.3, 0.4) is 0 Å². The molecule has 0 heterocycles. The van der Waals surface area contributed by atoms with Crippen molar-refractivity contribution in [2.24, 2.45) is 10.8 Å². The van der Waals surface area contributed by atoms with Crippen LogP contribution in [-0.4, -0.2) is 6.54 Å². The molecule has 0 aromatic heterocycles. The zero-order valence-corrected chi connectivity index (χ0v) is 26.8. The molecule has 1 N–H and O–H groups in total. The van der Waals surface area contributed by atoms with Crippen LogP contribution in [0.4, 0.5) is 0 Å². The van der Waals surface area contributed by atoms with Gasteiger partial charge in [0.2, 0.25) is 0 Å². The molecule has 5 heteroatoms. The summed E-state index contributed by atoms with van der Waals surface area (Å²) in [6.45, 7) is 25.0. The number of benzene rings is 2. The summed E-state index contributed by atoms with van der Waals surface area (Å²) >= 11 is 1.31. The minimum Gasteiger partial charge on any atom is -0.872 e. The van der Waals surface area contributed by atoms with Crippen LogP contribution >= 0.6 is 11.8 Å². The Kier molecular flexibility index (Phi) is 13.8. The predicted octanol–water partition coefficient (Wildman–Crippen LogP) is 9.25. The first-order valence-corrected chi connectivity index (χ1v) is 14.1. The van der Waals surface area contributed by atoms with E-state index in [-0.39, 0.29) is 49.7 Å². The molecule has 0 unspecified atom stereocenters. The Morgan fingerprint density at radius 3 is 1.27 bits per heavy atom. The van der Waals surface area contributed by atoms with Crippen molar-refractivity contribution >= 4 is 11.8 Å². The van der Waals surface area contributed by atoms with E-state index in [1.54, 1.807) is 12.1 Å². The Labute approximate surface area is 242 Å². The Hall–Kier alpha value is -1.16. The number of nitrogens with one attached hydrogen (secondary N) is 1. The second kappa shape index (κ2) is 14.3. The molecule has 0 aliphatic heterocycles. The number of hydrogen-bond acceptors (Lipinski definition) is 3. The molecule has 0 aliphatic carbocycles. The molecular formula is C32H50NNiO2S. The fraction of sp³-hybridized carbons (Fsp3) is 0.625. The van der Waals surface area contributed by atoms with E-state index in [0.717, 1.165) is 36.8 Å². The zero-order chi connectivity index (χ0) is 27.9. The van der Waals surface area contributed by atoms with Crippen LogP contribution in [0, 0.1) is 10.8 Å². The molecule has 2 aromatic carbocycles.